The van der Waals surface area contributed by atoms with Crippen LogP contribution in [0.4, 0.5) is 4.39 Å². The van der Waals surface area contributed by atoms with Crippen LogP contribution < -0.4 is 0 Å². The predicted molar refractivity (Wildman–Crippen MR) is 72.1 cm³/mol. The second-order valence-electron chi connectivity index (χ2n) is 3.66. The standard InChI is InChI=1S/C13H7FINO/c14-10-3-1-8(2-4-10)12-5-9-6-16-7-11(15)13(9)17-12/h1-7H. The largest absolute Gasteiger partial charge is 0.455 e. The molecule has 3 aromatic rings. The van der Waals surface area contributed by atoms with Gasteiger partial charge in [0.2, 0.25) is 0 Å². The van der Waals surface area contributed by atoms with Crippen LogP contribution in [-0.4, -0.2) is 4.98 Å². The zero-order chi connectivity index (χ0) is 11.8. The van der Waals surface area contributed by atoms with Crippen molar-refractivity contribution in [2.45, 2.75) is 0 Å². The Hall–Kier alpha value is -1.43. The van der Waals surface area contributed by atoms with Gasteiger partial charge < -0.3 is 4.42 Å². The maximum atomic E-state index is 12.8. The molecule has 0 aliphatic carbocycles. The normalized spacial score (nSPS) is 10.9. The minimum Gasteiger partial charge on any atom is -0.455 e. The lowest BCUT2D eigenvalue weighted by Gasteiger charge is -1.95. The molecule has 2 nitrogen and oxygen atoms in total. The fourth-order valence-electron chi connectivity index (χ4n) is 1.69. The first-order chi connectivity index (χ1) is 8.24. The fourth-order valence-corrected chi connectivity index (χ4v) is 2.27. The van der Waals surface area contributed by atoms with E-state index >= 15 is 0 Å². The molecule has 0 spiro atoms. The van der Waals surface area contributed by atoms with Crippen molar-refractivity contribution >= 4 is 33.6 Å². The number of fused-ring (bicyclic) bond motifs is 1. The molecule has 3 rings (SSSR count). The van der Waals surface area contributed by atoms with Gasteiger partial charge in [0.1, 0.15) is 11.6 Å². The Morgan fingerprint density at radius 3 is 2.59 bits per heavy atom. The lowest BCUT2D eigenvalue weighted by atomic mass is 10.1. The number of rotatable bonds is 1. The SMILES string of the molecule is Fc1ccc(-c2cc3cncc(I)c3o2)cc1. The summed E-state index contributed by atoms with van der Waals surface area (Å²) >= 11 is 2.18. The van der Waals surface area contributed by atoms with Gasteiger partial charge in [-0.25, -0.2) is 4.39 Å². The molecular weight excluding hydrogens is 332 g/mol. The summed E-state index contributed by atoms with van der Waals surface area (Å²) in [4.78, 5) is 4.11. The van der Waals surface area contributed by atoms with E-state index in [4.69, 9.17) is 4.42 Å². The monoisotopic (exact) mass is 339 g/mol. The Morgan fingerprint density at radius 1 is 1.12 bits per heavy atom. The van der Waals surface area contributed by atoms with Crippen molar-refractivity contribution in [3.8, 4) is 11.3 Å². The number of halogens is 2. The second-order valence-corrected chi connectivity index (χ2v) is 4.82. The van der Waals surface area contributed by atoms with Crippen molar-refractivity contribution in [1.29, 1.82) is 0 Å². The van der Waals surface area contributed by atoms with E-state index in [1.807, 2.05) is 6.07 Å². The van der Waals surface area contributed by atoms with Crippen LogP contribution in [0.2, 0.25) is 0 Å². The van der Waals surface area contributed by atoms with Gasteiger partial charge in [-0.05, 0) is 52.9 Å². The van der Waals surface area contributed by atoms with Crippen LogP contribution in [0.15, 0.2) is 47.1 Å². The van der Waals surface area contributed by atoms with Gasteiger partial charge in [-0.15, -0.1) is 0 Å². The highest BCUT2D eigenvalue weighted by Crippen LogP contribution is 2.29. The molecule has 0 aliphatic rings. The van der Waals surface area contributed by atoms with E-state index in [2.05, 4.69) is 27.6 Å². The van der Waals surface area contributed by atoms with Crippen LogP contribution in [-0.2, 0) is 0 Å². The van der Waals surface area contributed by atoms with E-state index in [1.54, 1.807) is 24.5 Å². The summed E-state index contributed by atoms with van der Waals surface area (Å²) in [6.07, 6.45) is 3.51. The Morgan fingerprint density at radius 2 is 1.88 bits per heavy atom. The van der Waals surface area contributed by atoms with Gasteiger partial charge in [0, 0.05) is 23.3 Å². The topological polar surface area (TPSA) is 26.0 Å². The number of benzene rings is 1. The average Bonchev–Trinajstić information content (AvgIpc) is 2.75. The highest BCUT2D eigenvalue weighted by atomic mass is 127. The first-order valence-corrected chi connectivity index (χ1v) is 6.11. The minimum absolute atomic E-state index is 0.249. The Kier molecular flexibility index (Phi) is 2.58. The Bertz CT molecular complexity index is 675. The van der Waals surface area contributed by atoms with Crippen LogP contribution in [0.1, 0.15) is 0 Å². The number of nitrogens with zero attached hydrogens (tertiary/aromatic N) is 1. The Labute approximate surface area is 111 Å². The molecule has 84 valence electrons. The molecule has 4 heteroatoms. The summed E-state index contributed by atoms with van der Waals surface area (Å²) in [5, 5.41) is 0.955. The first-order valence-electron chi connectivity index (χ1n) is 5.03. The molecule has 0 saturated carbocycles. The van der Waals surface area contributed by atoms with Crippen molar-refractivity contribution < 1.29 is 8.81 Å². The zero-order valence-corrected chi connectivity index (χ0v) is 10.8. The van der Waals surface area contributed by atoms with Crippen LogP contribution >= 0.6 is 22.6 Å². The lowest BCUT2D eigenvalue weighted by Crippen LogP contribution is -1.75. The molecule has 1 aromatic carbocycles. The van der Waals surface area contributed by atoms with Crippen LogP contribution in [0.25, 0.3) is 22.3 Å². The number of hydrogen-bond donors (Lipinski definition) is 0. The summed E-state index contributed by atoms with van der Waals surface area (Å²) < 4.78 is 19.6. The first kappa shape index (κ1) is 10.7. The molecule has 0 aliphatic heterocycles. The third-order valence-electron chi connectivity index (χ3n) is 2.51. The van der Waals surface area contributed by atoms with Crippen LogP contribution in [0, 0.1) is 9.39 Å². The molecule has 0 saturated heterocycles. The molecule has 0 bridgehead atoms. The van der Waals surface area contributed by atoms with Gasteiger partial charge in [-0.1, -0.05) is 0 Å². The quantitative estimate of drug-likeness (QED) is 0.620. The molecule has 0 atom stereocenters. The van der Waals surface area contributed by atoms with Crippen molar-refractivity contribution in [1.82, 2.24) is 4.98 Å². The molecule has 17 heavy (non-hydrogen) atoms. The zero-order valence-electron chi connectivity index (χ0n) is 8.65. The lowest BCUT2D eigenvalue weighted by molar-refractivity contribution is 0.622. The van der Waals surface area contributed by atoms with Gasteiger partial charge in [-0.2, -0.15) is 0 Å². The number of pyridine rings is 1. The van der Waals surface area contributed by atoms with E-state index < -0.39 is 0 Å². The van der Waals surface area contributed by atoms with Crippen molar-refractivity contribution in [2.24, 2.45) is 0 Å². The molecular formula is C13H7FINO. The minimum atomic E-state index is -0.249. The van der Waals surface area contributed by atoms with Crippen LogP contribution in [0.5, 0.6) is 0 Å². The maximum absolute atomic E-state index is 12.8. The van der Waals surface area contributed by atoms with E-state index in [-0.39, 0.29) is 5.82 Å². The average molecular weight is 339 g/mol. The maximum Gasteiger partial charge on any atom is 0.151 e. The number of hydrogen-bond acceptors (Lipinski definition) is 2. The predicted octanol–water partition coefficient (Wildman–Crippen LogP) is 4.24. The molecule has 0 amide bonds. The van der Waals surface area contributed by atoms with Gasteiger partial charge in [-0.3, -0.25) is 4.98 Å². The summed E-state index contributed by atoms with van der Waals surface area (Å²) in [5.74, 6) is 0.479. The molecule has 2 aromatic heterocycles. The van der Waals surface area contributed by atoms with Crippen molar-refractivity contribution in [3.05, 3.63) is 52.1 Å². The Balaban J connectivity index is 2.18. The van der Waals surface area contributed by atoms with Gasteiger partial charge in [0.05, 0.1) is 3.57 Å². The smallest absolute Gasteiger partial charge is 0.151 e. The highest BCUT2D eigenvalue weighted by molar-refractivity contribution is 14.1. The van der Waals surface area contributed by atoms with Gasteiger partial charge in [0.25, 0.3) is 0 Å². The van der Waals surface area contributed by atoms with E-state index in [0.29, 0.717) is 0 Å². The highest BCUT2D eigenvalue weighted by Gasteiger charge is 2.08. The molecule has 0 unspecified atom stereocenters. The van der Waals surface area contributed by atoms with E-state index in [0.717, 1.165) is 25.9 Å². The molecule has 2 heterocycles. The molecule has 0 N–H and O–H groups in total. The third kappa shape index (κ3) is 1.93. The van der Waals surface area contributed by atoms with Gasteiger partial charge in [0.15, 0.2) is 5.58 Å². The summed E-state index contributed by atoms with van der Waals surface area (Å²) in [6.45, 7) is 0. The molecule has 0 fully saturated rings. The number of furan rings is 1. The number of aromatic nitrogens is 1. The van der Waals surface area contributed by atoms with Crippen molar-refractivity contribution in [2.75, 3.05) is 0 Å². The van der Waals surface area contributed by atoms with E-state index in [9.17, 15) is 4.39 Å². The molecule has 0 radical (unpaired) electrons. The summed E-state index contributed by atoms with van der Waals surface area (Å²) in [7, 11) is 0. The fraction of sp³-hybridized carbons (Fsp3) is 0. The van der Waals surface area contributed by atoms with Crippen molar-refractivity contribution in [3.63, 3.8) is 0 Å². The van der Waals surface area contributed by atoms with Crippen LogP contribution in [0.3, 0.4) is 0 Å². The second kappa shape index (κ2) is 4.10. The third-order valence-corrected chi connectivity index (χ3v) is 3.28. The van der Waals surface area contributed by atoms with E-state index in [1.165, 1.54) is 12.1 Å². The summed E-state index contributed by atoms with van der Waals surface area (Å²) in [6, 6.07) is 8.16. The summed E-state index contributed by atoms with van der Waals surface area (Å²) in [5.41, 5.74) is 1.68. The van der Waals surface area contributed by atoms with Gasteiger partial charge >= 0.3 is 0 Å².